The SMILES string of the molecule is COc1cc(C)nc(C)c1C(CN)C(=O)O. The van der Waals surface area contributed by atoms with E-state index in [2.05, 4.69) is 4.98 Å². The Morgan fingerprint density at radius 2 is 2.25 bits per heavy atom. The van der Waals surface area contributed by atoms with Crippen LogP contribution in [0.3, 0.4) is 0 Å². The van der Waals surface area contributed by atoms with Gasteiger partial charge in [-0.25, -0.2) is 0 Å². The zero-order valence-corrected chi connectivity index (χ0v) is 9.65. The van der Waals surface area contributed by atoms with Crippen molar-refractivity contribution in [1.82, 2.24) is 4.98 Å². The number of nitrogens with two attached hydrogens (primary N) is 1. The van der Waals surface area contributed by atoms with Gasteiger partial charge in [0.15, 0.2) is 0 Å². The number of rotatable bonds is 4. The molecular weight excluding hydrogens is 208 g/mol. The van der Waals surface area contributed by atoms with Crippen molar-refractivity contribution in [3.63, 3.8) is 0 Å². The van der Waals surface area contributed by atoms with Crippen molar-refractivity contribution in [2.24, 2.45) is 5.73 Å². The second-order valence-corrected chi connectivity index (χ2v) is 3.59. The number of aryl methyl sites for hydroxylation is 2. The number of carboxylic acid groups (broad SMARTS) is 1. The lowest BCUT2D eigenvalue weighted by atomic mass is 9.96. The highest BCUT2D eigenvalue weighted by Crippen LogP contribution is 2.29. The van der Waals surface area contributed by atoms with Crippen LogP contribution in [0.25, 0.3) is 0 Å². The summed E-state index contributed by atoms with van der Waals surface area (Å²) in [5.41, 5.74) is 7.47. The number of carboxylic acids is 1. The second-order valence-electron chi connectivity index (χ2n) is 3.59. The van der Waals surface area contributed by atoms with E-state index in [1.165, 1.54) is 7.11 Å². The van der Waals surface area contributed by atoms with Crippen molar-refractivity contribution in [2.45, 2.75) is 19.8 Å². The Labute approximate surface area is 94.2 Å². The average molecular weight is 224 g/mol. The van der Waals surface area contributed by atoms with Gasteiger partial charge in [-0.1, -0.05) is 0 Å². The first-order valence-electron chi connectivity index (χ1n) is 4.96. The van der Waals surface area contributed by atoms with Crippen LogP contribution >= 0.6 is 0 Å². The van der Waals surface area contributed by atoms with E-state index in [4.69, 9.17) is 15.6 Å². The van der Waals surface area contributed by atoms with E-state index in [0.717, 1.165) is 5.69 Å². The molecule has 0 aromatic carbocycles. The Morgan fingerprint density at radius 3 is 2.69 bits per heavy atom. The third-order valence-corrected chi connectivity index (χ3v) is 2.44. The quantitative estimate of drug-likeness (QED) is 0.791. The maximum absolute atomic E-state index is 11.1. The van der Waals surface area contributed by atoms with E-state index in [1.54, 1.807) is 13.0 Å². The minimum absolute atomic E-state index is 0.0251. The fourth-order valence-electron chi connectivity index (χ4n) is 1.74. The molecule has 0 aliphatic heterocycles. The molecule has 1 unspecified atom stereocenters. The summed E-state index contributed by atoms with van der Waals surface area (Å²) in [6.45, 7) is 3.62. The Balaban J connectivity index is 3.35. The molecule has 3 N–H and O–H groups in total. The number of nitrogens with zero attached hydrogens (tertiary/aromatic N) is 1. The highest BCUT2D eigenvalue weighted by molar-refractivity contribution is 5.78. The van der Waals surface area contributed by atoms with Crippen LogP contribution in [0.1, 0.15) is 22.9 Å². The molecule has 0 spiro atoms. The van der Waals surface area contributed by atoms with Gasteiger partial charge < -0.3 is 15.6 Å². The van der Waals surface area contributed by atoms with Crippen molar-refractivity contribution in [2.75, 3.05) is 13.7 Å². The predicted octanol–water partition coefficient (Wildman–Crippen LogP) is 0.834. The molecule has 5 nitrogen and oxygen atoms in total. The lowest BCUT2D eigenvalue weighted by Crippen LogP contribution is -2.23. The monoisotopic (exact) mass is 224 g/mol. The van der Waals surface area contributed by atoms with Crippen LogP contribution in [0.5, 0.6) is 5.75 Å². The van der Waals surface area contributed by atoms with Gasteiger partial charge in [-0.3, -0.25) is 9.78 Å². The van der Waals surface area contributed by atoms with Gasteiger partial charge in [0.1, 0.15) is 5.75 Å². The van der Waals surface area contributed by atoms with E-state index < -0.39 is 11.9 Å². The summed E-state index contributed by atoms with van der Waals surface area (Å²) in [6, 6.07) is 1.72. The Kier molecular flexibility index (Phi) is 3.84. The fourth-order valence-corrected chi connectivity index (χ4v) is 1.74. The number of pyridine rings is 1. The first-order valence-corrected chi connectivity index (χ1v) is 4.96. The highest BCUT2D eigenvalue weighted by Gasteiger charge is 2.24. The van der Waals surface area contributed by atoms with Crippen LogP contribution in [-0.4, -0.2) is 29.7 Å². The van der Waals surface area contributed by atoms with E-state index in [-0.39, 0.29) is 6.54 Å². The predicted molar refractivity (Wildman–Crippen MR) is 59.7 cm³/mol. The van der Waals surface area contributed by atoms with Crippen molar-refractivity contribution < 1.29 is 14.6 Å². The van der Waals surface area contributed by atoms with Gasteiger partial charge in [-0.15, -0.1) is 0 Å². The lowest BCUT2D eigenvalue weighted by molar-refractivity contribution is -0.138. The van der Waals surface area contributed by atoms with E-state index in [9.17, 15) is 4.79 Å². The van der Waals surface area contributed by atoms with Crippen LogP contribution in [0, 0.1) is 13.8 Å². The Bertz CT molecular complexity index is 404. The Hall–Kier alpha value is -1.62. The van der Waals surface area contributed by atoms with Gasteiger partial charge in [0, 0.05) is 29.6 Å². The third kappa shape index (κ3) is 2.30. The minimum Gasteiger partial charge on any atom is -0.496 e. The number of ether oxygens (including phenoxy) is 1. The molecule has 88 valence electrons. The van der Waals surface area contributed by atoms with Gasteiger partial charge >= 0.3 is 5.97 Å². The number of methoxy groups -OCH3 is 1. The van der Waals surface area contributed by atoms with Crippen LogP contribution in [0.2, 0.25) is 0 Å². The summed E-state index contributed by atoms with van der Waals surface area (Å²) in [5.74, 6) is -1.21. The summed E-state index contributed by atoms with van der Waals surface area (Å²) in [4.78, 5) is 15.3. The molecule has 1 aromatic heterocycles. The zero-order valence-electron chi connectivity index (χ0n) is 9.65. The van der Waals surface area contributed by atoms with Crippen molar-refractivity contribution in [3.05, 3.63) is 23.0 Å². The van der Waals surface area contributed by atoms with Gasteiger partial charge in [-0.2, -0.15) is 0 Å². The minimum atomic E-state index is -0.963. The van der Waals surface area contributed by atoms with Gasteiger partial charge in [0.25, 0.3) is 0 Å². The van der Waals surface area contributed by atoms with Gasteiger partial charge in [0.2, 0.25) is 0 Å². The molecule has 1 aromatic rings. The topological polar surface area (TPSA) is 85.4 Å². The molecule has 0 saturated carbocycles. The second kappa shape index (κ2) is 4.94. The molecule has 0 fully saturated rings. The molecule has 1 rings (SSSR count). The number of aliphatic carboxylic acids is 1. The summed E-state index contributed by atoms with van der Waals surface area (Å²) < 4.78 is 5.18. The largest absolute Gasteiger partial charge is 0.496 e. The van der Waals surface area contributed by atoms with E-state index in [1.807, 2.05) is 6.92 Å². The first-order chi connectivity index (χ1) is 7.51. The van der Waals surface area contributed by atoms with Crippen molar-refractivity contribution in [1.29, 1.82) is 0 Å². The number of carbonyl (C=O) groups is 1. The maximum atomic E-state index is 11.1. The number of aromatic nitrogens is 1. The first kappa shape index (κ1) is 12.4. The molecule has 1 atom stereocenters. The number of hydrogen-bond donors (Lipinski definition) is 2. The molecule has 0 bridgehead atoms. The Morgan fingerprint density at radius 1 is 1.62 bits per heavy atom. The average Bonchev–Trinajstić information content (AvgIpc) is 2.21. The molecule has 0 aliphatic rings. The smallest absolute Gasteiger partial charge is 0.312 e. The molecule has 1 heterocycles. The zero-order chi connectivity index (χ0) is 12.3. The van der Waals surface area contributed by atoms with Crippen LogP contribution < -0.4 is 10.5 Å². The molecule has 0 amide bonds. The van der Waals surface area contributed by atoms with Crippen LogP contribution in [0.4, 0.5) is 0 Å². The highest BCUT2D eigenvalue weighted by atomic mass is 16.5. The lowest BCUT2D eigenvalue weighted by Gasteiger charge is -2.17. The fraction of sp³-hybridized carbons (Fsp3) is 0.455. The molecule has 16 heavy (non-hydrogen) atoms. The molecule has 0 saturated heterocycles. The summed E-state index contributed by atoms with van der Waals surface area (Å²) in [6.07, 6.45) is 0. The summed E-state index contributed by atoms with van der Waals surface area (Å²) >= 11 is 0. The van der Waals surface area contributed by atoms with Crippen LogP contribution in [-0.2, 0) is 4.79 Å². The summed E-state index contributed by atoms with van der Waals surface area (Å²) in [5, 5.41) is 9.08. The normalized spacial score (nSPS) is 12.2. The third-order valence-electron chi connectivity index (χ3n) is 2.44. The molecule has 0 aliphatic carbocycles. The van der Waals surface area contributed by atoms with Gasteiger partial charge in [-0.05, 0) is 13.8 Å². The molecule has 5 heteroatoms. The maximum Gasteiger partial charge on any atom is 0.312 e. The number of hydrogen-bond acceptors (Lipinski definition) is 4. The van der Waals surface area contributed by atoms with Crippen LogP contribution in [0.15, 0.2) is 6.07 Å². The van der Waals surface area contributed by atoms with E-state index >= 15 is 0 Å². The van der Waals surface area contributed by atoms with Crippen molar-refractivity contribution in [3.8, 4) is 5.75 Å². The van der Waals surface area contributed by atoms with Crippen molar-refractivity contribution >= 4 is 5.97 Å². The standard InChI is InChI=1S/C11H16N2O3/c1-6-4-9(16-3)10(7(2)13-6)8(5-12)11(14)15/h4,8H,5,12H2,1-3H3,(H,14,15). The van der Waals surface area contributed by atoms with E-state index in [0.29, 0.717) is 17.0 Å². The van der Waals surface area contributed by atoms with Gasteiger partial charge in [0.05, 0.1) is 13.0 Å². The molecular formula is C11H16N2O3. The molecule has 0 radical (unpaired) electrons. The summed E-state index contributed by atoms with van der Waals surface area (Å²) in [7, 11) is 1.51.